The quantitative estimate of drug-likeness (QED) is 0.861. The van der Waals surface area contributed by atoms with E-state index in [9.17, 15) is 0 Å². The van der Waals surface area contributed by atoms with Crippen molar-refractivity contribution in [1.29, 1.82) is 0 Å². The first-order valence-corrected chi connectivity index (χ1v) is 8.99. The molecule has 3 rings (SSSR count). The fourth-order valence-electron chi connectivity index (χ4n) is 4.95. The van der Waals surface area contributed by atoms with Crippen LogP contribution < -0.4 is 5.73 Å². The molecule has 0 radical (unpaired) electrons. The summed E-state index contributed by atoms with van der Waals surface area (Å²) in [5.41, 5.74) is 6.21. The van der Waals surface area contributed by atoms with Crippen molar-refractivity contribution in [3.8, 4) is 0 Å². The molecule has 0 aromatic carbocycles. The molecular formula is C17H33N3. The van der Waals surface area contributed by atoms with Crippen molar-refractivity contribution in [1.82, 2.24) is 9.80 Å². The Hall–Kier alpha value is -0.120. The third-order valence-corrected chi connectivity index (χ3v) is 6.10. The lowest BCUT2D eigenvalue weighted by Gasteiger charge is -2.51. The molecule has 116 valence electrons. The molecule has 0 aromatic heterocycles. The molecular weight excluding hydrogens is 246 g/mol. The molecule has 3 aliphatic rings. The van der Waals surface area contributed by atoms with Crippen molar-refractivity contribution in [3.63, 3.8) is 0 Å². The van der Waals surface area contributed by atoms with Crippen molar-refractivity contribution in [2.75, 3.05) is 26.2 Å². The number of nitrogens with two attached hydrogens (primary N) is 1. The first kappa shape index (κ1) is 14.8. The van der Waals surface area contributed by atoms with Gasteiger partial charge in [-0.05, 0) is 45.1 Å². The van der Waals surface area contributed by atoms with Crippen molar-refractivity contribution in [3.05, 3.63) is 0 Å². The lowest BCUT2D eigenvalue weighted by Crippen LogP contribution is -2.63. The molecule has 3 atom stereocenters. The van der Waals surface area contributed by atoms with Crippen LogP contribution in [-0.2, 0) is 0 Å². The fourth-order valence-corrected chi connectivity index (χ4v) is 4.95. The largest absolute Gasteiger partial charge is 0.329 e. The minimum absolute atomic E-state index is 0.648. The Balaban J connectivity index is 1.66. The second kappa shape index (κ2) is 6.76. The Morgan fingerprint density at radius 2 is 1.75 bits per heavy atom. The molecule has 3 unspecified atom stereocenters. The van der Waals surface area contributed by atoms with Gasteiger partial charge in [-0.1, -0.05) is 25.7 Å². The van der Waals surface area contributed by atoms with E-state index >= 15 is 0 Å². The minimum Gasteiger partial charge on any atom is -0.329 e. The first-order valence-electron chi connectivity index (χ1n) is 8.99. The summed E-state index contributed by atoms with van der Waals surface area (Å²) in [6, 6.07) is 2.16. The summed E-state index contributed by atoms with van der Waals surface area (Å²) in [7, 11) is 0. The van der Waals surface area contributed by atoms with Crippen LogP contribution in [0.4, 0.5) is 0 Å². The lowest BCUT2D eigenvalue weighted by molar-refractivity contribution is -0.0238. The summed E-state index contributed by atoms with van der Waals surface area (Å²) in [5, 5.41) is 0. The SMILES string of the molecule is CC1CN2CCCCC2CN1C(CN)C1CCCCC1. The normalized spacial score (nSPS) is 35.7. The highest BCUT2D eigenvalue weighted by Gasteiger charge is 2.38. The van der Waals surface area contributed by atoms with Gasteiger partial charge in [-0.25, -0.2) is 0 Å². The van der Waals surface area contributed by atoms with Gasteiger partial charge in [0.1, 0.15) is 0 Å². The van der Waals surface area contributed by atoms with Crippen LogP contribution in [0.2, 0.25) is 0 Å². The molecule has 0 spiro atoms. The Kier molecular flexibility index (Phi) is 5.00. The molecule has 3 nitrogen and oxygen atoms in total. The average molecular weight is 279 g/mol. The van der Waals surface area contributed by atoms with E-state index in [0.717, 1.165) is 18.5 Å². The van der Waals surface area contributed by atoms with Gasteiger partial charge in [0.15, 0.2) is 0 Å². The van der Waals surface area contributed by atoms with Crippen LogP contribution in [0.3, 0.4) is 0 Å². The number of piperidine rings is 1. The molecule has 2 heterocycles. The summed E-state index contributed by atoms with van der Waals surface area (Å²) >= 11 is 0. The van der Waals surface area contributed by atoms with E-state index in [1.54, 1.807) is 0 Å². The number of piperazine rings is 1. The van der Waals surface area contributed by atoms with Gasteiger partial charge < -0.3 is 5.73 Å². The van der Waals surface area contributed by atoms with Gasteiger partial charge in [0.05, 0.1) is 0 Å². The highest BCUT2D eigenvalue weighted by atomic mass is 15.3. The van der Waals surface area contributed by atoms with Crippen molar-refractivity contribution < 1.29 is 0 Å². The maximum absolute atomic E-state index is 6.21. The molecule has 2 saturated heterocycles. The van der Waals surface area contributed by atoms with E-state index in [0.29, 0.717) is 12.1 Å². The average Bonchev–Trinajstić information content (AvgIpc) is 2.49. The van der Waals surface area contributed by atoms with E-state index in [4.69, 9.17) is 5.73 Å². The summed E-state index contributed by atoms with van der Waals surface area (Å²) in [6.07, 6.45) is 11.4. The summed E-state index contributed by atoms with van der Waals surface area (Å²) in [5.74, 6) is 0.867. The van der Waals surface area contributed by atoms with Crippen LogP contribution >= 0.6 is 0 Å². The van der Waals surface area contributed by atoms with Crippen LogP contribution in [0, 0.1) is 5.92 Å². The van der Waals surface area contributed by atoms with Gasteiger partial charge in [0, 0.05) is 37.8 Å². The van der Waals surface area contributed by atoms with E-state index in [-0.39, 0.29) is 0 Å². The number of rotatable bonds is 3. The van der Waals surface area contributed by atoms with E-state index in [1.807, 2.05) is 0 Å². The number of hydrogen-bond donors (Lipinski definition) is 1. The third-order valence-electron chi connectivity index (χ3n) is 6.10. The van der Waals surface area contributed by atoms with Crippen LogP contribution in [0.1, 0.15) is 58.3 Å². The number of hydrogen-bond acceptors (Lipinski definition) is 3. The van der Waals surface area contributed by atoms with Crippen molar-refractivity contribution in [2.24, 2.45) is 11.7 Å². The zero-order valence-corrected chi connectivity index (χ0v) is 13.3. The van der Waals surface area contributed by atoms with Crippen molar-refractivity contribution in [2.45, 2.75) is 76.4 Å². The molecule has 0 bridgehead atoms. The topological polar surface area (TPSA) is 32.5 Å². The number of nitrogens with zero attached hydrogens (tertiary/aromatic N) is 2. The molecule has 0 aromatic rings. The Morgan fingerprint density at radius 3 is 2.50 bits per heavy atom. The number of fused-ring (bicyclic) bond motifs is 1. The molecule has 3 heteroatoms. The molecule has 2 N–H and O–H groups in total. The maximum Gasteiger partial charge on any atom is 0.0250 e. The Morgan fingerprint density at radius 1 is 1.00 bits per heavy atom. The monoisotopic (exact) mass is 279 g/mol. The van der Waals surface area contributed by atoms with E-state index < -0.39 is 0 Å². The predicted molar refractivity (Wildman–Crippen MR) is 84.8 cm³/mol. The highest BCUT2D eigenvalue weighted by Crippen LogP contribution is 2.32. The minimum atomic E-state index is 0.648. The van der Waals surface area contributed by atoms with Crippen molar-refractivity contribution >= 4 is 0 Å². The fraction of sp³-hybridized carbons (Fsp3) is 1.00. The summed E-state index contributed by atoms with van der Waals surface area (Å²) in [4.78, 5) is 5.54. The standard InChI is InChI=1S/C17H33N3/c1-14-12-19-10-6-5-9-16(19)13-20(14)17(11-18)15-7-3-2-4-8-15/h14-17H,2-13,18H2,1H3. The van der Waals surface area contributed by atoms with Crippen LogP contribution in [0.15, 0.2) is 0 Å². The highest BCUT2D eigenvalue weighted by molar-refractivity contribution is 4.94. The van der Waals surface area contributed by atoms with Gasteiger partial charge >= 0.3 is 0 Å². The molecule has 3 fully saturated rings. The predicted octanol–water partition coefficient (Wildman–Crippen LogP) is 2.45. The second-order valence-corrected chi connectivity index (χ2v) is 7.39. The Labute approximate surface area is 124 Å². The molecule has 2 aliphatic heterocycles. The van der Waals surface area contributed by atoms with E-state index in [1.165, 1.54) is 71.0 Å². The van der Waals surface area contributed by atoms with Gasteiger partial charge in [0.2, 0.25) is 0 Å². The second-order valence-electron chi connectivity index (χ2n) is 7.39. The smallest absolute Gasteiger partial charge is 0.0250 e. The Bertz CT molecular complexity index is 301. The molecule has 0 amide bonds. The van der Waals surface area contributed by atoms with Crippen LogP contribution in [-0.4, -0.2) is 54.1 Å². The summed E-state index contributed by atoms with van der Waals surface area (Å²) in [6.45, 7) is 7.17. The zero-order valence-electron chi connectivity index (χ0n) is 13.3. The molecule has 1 saturated carbocycles. The zero-order chi connectivity index (χ0) is 13.9. The van der Waals surface area contributed by atoms with Gasteiger partial charge in [-0.2, -0.15) is 0 Å². The van der Waals surface area contributed by atoms with Gasteiger partial charge in [0.25, 0.3) is 0 Å². The molecule has 20 heavy (non-hydrogen) atoms. The third kappa shape index (κ3) is 3.05. The molecule has 1 aliphatic carbocycles. The lowest BCUT2D eigenvalue weighted by atomic mass is 9.82. The van der Waals surface area contributed by atoms with Gasteiger partial charge in [-0.3, -0.25) is 9.80 Å². The van der Waals surface area contributed by atoms with Crippen LogP contribution in [0.5, 0.6) is 0 Å². The summed E-state index contributed by atoms with van der Waals surface area (Å²) < 4.78 is 0. The first-order chi connectivity index (χ1) is 9.79. The maximum atomic E-state index is 6.21. The van der Waals surface area contributed by atoms with Crippen LogP contribution in [0.25, 0.3) is 0 Å². The van der Waals surface area contributed by atoms with E-state index in [2.05, 4.69) is 16.7 Å². The van der Waals surface area contributed by atoms with Gasteiger partial charge in [-0.15, -0.1) is 0 Å².